The highest BCUT2D eigenvalue weighted by Gasteiger charge is 2.38. The van der Waals surface area contributed by atoms with Gasteiger partial charge in [0.1, 0.15) is 0 Å². The summed E-state index contributed by atoms with van der Waals surface area (Å²) in [5.41, 5.74) is 6.55. The molecule has 0 atom stereocenters. The van der Waals surface area contributed by atoms with E-state index in [-0.39, 0.29) is 27.1 Å². The number of nitrogens with one attached hydrogen (secondary N) is 1. The Morgan fingerprint density at radius 1 is 0.610 bits per heavy atom. The zero-order chi connectivity index (χ0) is 28.6. The Labute approximate surface area is 244 Å². The third-order valence-corrected chi connectivity index (χ3v) is 9.99. The van der Waals surface area contributed by atoms with Crippen molar-refractivity contribution in [3.8, 4) is 22.3 Å². The molecule has 0 aromatic heterocycles. The number of amides is 1. The molecule has 0 unspecified atom stereocenters. The average Bonchev–Trinajstić information content (AvgIpc) is 3.34. The Bertz CT molecular complexity index is 1920. The molecule has 1 aliphatic heterocycles. The fraction of sp³-hybridized carbons (Fsp3) is 0. The molecule has 6 aromatic rings. The van der Waals surface area contributed by atoms with Gasteiger partial charge in [0.2, 0.25) is 7.14 Å². The molecule has 0 spiro atoms. The molecule has 41 heavy (non-hydrogen) atoms. The van der Waals surface area contributed by atoms with Crippen LogP contribution < -0.4 is 26.5 Å². The summed E-state index contributed by atoms with van der Waals surface area (Å²) in [5, 5.41) is 8.04. The maximum Gasteiger partial charge on any atom is 0.673 e. The predicted molar refractivity (Wildman–Crippen MR) is 154 cm³/mol. The first kappa shape index (κ1) is 27.0. The number of carbonyl (C=O) groups is 1. The molecule has 8 heteroatoms. The normalized spacial score (nSPS) is 11.9. The number of halogens is 5. The van der Waals surface area contributed by atoms with Crippen molar-refractivity contribution in [2.75, 3.05) is 5.32 Å². The van der Waals surface area contributed by atoms with Gasteiger partial charge in [-0.05, 0) is 57.9 Å². The second-order valence-electron chi connectivity index (χ2n) is 9.43. The van der Waals surface area contributed by atoms with Gasteiger partial charge in [-0.2, -0.15) is 0 Å². The highest BCUT2D eigenvalue weighted by molar-refractivity contribution is 6.50. The molecule has 1 N–H and O–H groups in total. The Hall–Kier alpha value is -4.18. The van der Waals surface area contributed by atoms with E-state index in [1.165, 1.54) is 40.0 Å². The number of carbonyl (C=O) groups excluding carboxylic acids is 1. The lowest BCUT2D eigenvalue weighted by molar-refractivity contribution is -0.588. The van der Waals surface area contributed by atoms with Crippen LogP contribution in [0.25, 0.3) is 43.8 Å². The van der Waals surface area contributed by atoms with E-state index in [0.29, 0.717) is 5.56 Å². The van der Waals surface area contributed by atoms with Gasteiger partial charge in [-0.25, -0.2) is 0 Å². The van der Waals surface area contributed by atoms with E-state index in [4.69, 9.17) is 0 Å². The van der Waals surface area contributed by atoms with Gasteiger partial charge < -0.3 is 22.6 Å². The quantitative estimate of drug-likeness (QED) is 0.134. The lowest BCUT2D eigenvalue weighted by Crippen LogP contribution is -3.61. The monoisotopic (exact) mass is 661 g/mol. The topological polar surface area (TPSA) is 29.1 Å². The number of rotatable bonds is 3. The van der Waals surface area contributed by atoms with Gasteiger partial charge in [-0.3, -0.25) is 4.79 Å². The average molecular weight is 661 g/mol. The van der Waals surface area contributed by atoms with E-state index in [0.717, 1.165) is 16.6 Å². The van der Waals surface area contributed by atoms with Crippen LogP contribution in [0.4, 0.5) is 23.0 Å². The SMILES string of the molecule is F[B-](F)(F)F.O=C(Nc1ccc2ccccc2c1-c1c2c(cc3ccccc13)-c1ccccc1[I+]2)c1ccccc1. The van der Waals surface area contributed by atoms with Crippen molar-refractivity contribution in [1.29, 1.82) is 0 Å². The van der Waals surface area contributed by atoms with Gasteiger partial charge in [-0.1, -0.05) is 84.9 Å². The van der Waals surface area contributed by atoms with Gasteiger partial charge >= 0.3 is 28.5 Å². The summed E-state index contributed by atoms with van der Waals surface area (Å²) in [6.45, 7) is 0. The van der Waals surface area contributed by atoms with Crippen molar-refractivity contribution in [3.05, 3.63) is 134 Å². The zero-order valence-corrected chi connectivity index (χ0v) is 23.6. The van der Waals surface area contributed by atoms with E-state index >= 15 is 0 Å². The Morgan fingerprint density at radius 2 is 1.20 bits per heavy atom. The minimum Gasteiger partial charge on any atom is -0.418 e. The Morgan fingerprint density at radius 3 is 1.93 bits per heavy atom. The summed E-state index contributed by atoms with van der Waals surface area (Å²) in [4.78, 5) is 13.3. The largest absolute Gasteiger partial charge is 0.673 e. The van der Waals surface area contributed by atoms with Crippen molar-refractivity contribution in [3.63, 3.8) is 0 Å². The molecule has 1 heterocycles. The van der Waals surface area contributed by atoms with Crippen LogP contribution >= 0.6 is 0 Å². The molecule has 0 bridgehead atoms. The molecule has 2 nitrogen and oxygen atoms in total. The van der Waals surface area contributed by atoms with E-state index in [9.17, 15) is 22.1 Å². The summed E-state index contributed by atoms with van der Waals surface area (Å²) in [5.74, 6) is -0.0954. The van der Waals surface area contributed by atoms with Crippen LogP contribution in [0.1, 0.15) is 10.4 Å². The Balaban J connectivity index is 0.000000559. The zero-order valence-electron chi connectivity index (χ0n) is 21.4. The fourth-order valence-corrected chi connectivity index (χ4v) is 8.45. The molecule has 7 rings (SSSR count). The van der Waals surface area contributed by atoms with Crippen LogP contribution in [0.15, 0.2) is 121 Å². The smallest absolute Gasteiger partial charge is 0.418 e. The first-order valence-corrected chi connectivity index (χ1v) is 15.0. The summed E-state index contributed by atoms with van der Waals surface area (Å²) in [7, 11) is -6.00. The second kappa shape index (κ2) is 11.0. The van der Waals surface area contributed by atoms with Gasteiger partial charge in [0, 0.05) is 33.5 Å². The molecular weight excluding hydrogens is 640 g/mol. The first-order chi connectivity index (χ1) is 19.8. The molecule has 0 aliphatic carbocycles. The van der Waals surface area contributed by atoms with Crippen LogP contribution in [0.2, 0.25) is 0 Å². The molecule has 1 aliphatic rings. The summed E-state index contributed by atoms with van der Waals surface area (Å²) in [6.07, 6.45) is 0. The van der Waals surface area contributed by atoms with Crippen molar-refractivity contribution >= 4 is 40.4 Å². The van der Waals surface area contributed by atoms with E-state index in [1.54, 1.807) is 0 Å². The number of benzene rings is 6. The van der Waals surface area contributed by atoms with Crippen LogP contribution in [-0.2, 0) is 0 Å². The summed E-state index contributed by atoms with van der Waals surface area (Å²) in [6, 6.07) is 41.9. The van der Waals surface area contributed by atoms with Gasteiger partial charge in [-0.15, -0.1) is 0 Å². The predicted octanol–water partition coefficient (Wildman–Crippen LogP) is 6.32. The fourth-order valence-electron chi connectivity index (χ4n) is 5.15. The highest BCUT2D eigenvalue weighted by Crippen LogP contribution is 2.42. The van der Waals surface area contributed by atoms with Gasteiger partial charge in [0.15, 0.2) is 0 Å². The van der Waals surface area contributed by atoms with Crippen LogP contribution in [0.3, 0.4) is 0 Å². The minimum absolute atomic E-state index is 0.0954. The van der Waals surface area contributed by atoms with Gasteiger partial charge in [0.25, 0.3) is 5.91 Å². The molecule has 6 aromatic carbocycles. The van der Waals surface area contributed by atoms with E-state index < -0.39 is 7.25 Å². The van der Waals surface area contributed by atoms with Crippen LogP contribution in [0, 0.1) is 7.14 Å². The van der Waals surface area contributed by atoms with E-state index in [1.807, 2.05) is 30.3 Å². The van der Waals surface area contributed by atoms with Crippen molar-refractivity contribution in [2.45, 2.75) is 0 Å². The van der Waals surface area contributed by atoms with E-state index in [2.05, 4.69) is 96.3 Å². The summed E-state index contributed by atoms with van der Waals surface area (Å²) < 4.78 is 41.9. The summed E-state index contributed by atoms with van der Waals surface area (Å²) >= 11 is -0.367. The maximum atomic E-state index is 13.3. The van der Waals surface area contributed by atoms with Crippen molar-refractivity contribution < 1.29 is 43.3 Å². The third-order valence-electron chi connectivity index (χ3n) is 6.81. The molecular formula is C33H21BF4INO. The number of hydrogen-bond acceptors (Lipinski definition) is 1. The lowest BCUT2D eigenvalue weighted by atomic mass is 9.89. The molecule has 0 saturated heterocycles. The van der Waals surface area contributed by atoms with Crippen LogP contribution in [-0.4, -0.2) is 13.2 Å². The number of fused-ring (bicyclic) bond motifs is 5. The first-order valence-electron chi connectivity index (χ1n) is 12.8. The Kier molecular flexibility index (Phi) is 7.25. The molecule has 1 amide bonds. The van der Waals surface area contributed by atoms with Crippen molar-refractivity contribution in [2.24, 2.45) is 0 Å². The molecule has 0 radical (unpaired) electrons. The minimum atomic E-state index is -6.00. The van der Waals surface area contributed by atoms with Gasteiger partial charge in [0.05, 0.1) is 0 Å². The molecule has 0 saturated carbocycles. The number of hydrogen-bond donors (Lipinski definition) is 1. The van der Waals surface area contributed by atoms with Crippen molar-refractivity contribution in [1.82, 2.24) is 0 Å². The lowest BCUT2D eigenvalue weighted by Gasteiger charge is -2.17. The highest BCUT2D eigenvalue weighted by atomic mass is 127. The standard InChI is InChI=1S/C33H20INO.BF4/c36-33(22-11-2-1-3-12-22)35-29-19-18-21-10-4-6-14-24(21)30(29)31-25-15-7-5-13-23(25)20-27-26-16-8-9-17-28(26)34-32(27)31;2-1(3,4)5/h1-20H;/q;-1/p+1. The van der Waals surface area contributed by atoms with Crippen LogP contribution in [0.5, 0.6) is 0 Å². The maximum absolute atomic E-state index is 13.3. The molecule has 0 fully saturated rings. The number of anilines is 1. The molecule has 202 valence electrons. The second-order valence-corrected chi connectivity index (χ2v) is 12.2. The third kappa shape index (κ3) is 5.56.